The summed E-state index contributed by atoms with van der Waals surface area (Å²) in [7, 11) is 1.50. The number of phenols is 2. The van der Waals surface area contributed by atoms with Gasteiger partial charge in [0.1, 0.15) is 28.6 Å². The summed E-state index contributed by atoms with van der Waals surface area (Å²) in [4.78, 5) is 59.9. The van der Waals surface area contributed by atoms with Gasteiger partial charge < -0.3 is 59.1 Å². The summed E-state index contributed by atoms with van der Waals surface area (Å²) < 4.78 is 27.1. The minimum absolute atomic E-state index is 0.0353. The maximum Gasteiger partial charge on any atom is 0.410 e. The van der Waals surface area contributed by atoms with Crippen LogP contribution in [0.2, 0.25) is 0 Å². The summed E-state index contributed by atoms with van der Waals surface area (Å²) in [5, 5.41) is 51.2. The number of fused-ring (bicyclic) bond motifs is 13. The Morgan fingerprint density at radius 3 is 2.19 bits per heavy atom. The van der Waals surface area contributed by atoms with Gasteiger partial charge in [-0.1, -0.05) is 59.8 Å². The number of benzene rings is 2. The Kier molecular flexibility index (Phi) is 15.8. The number of ether oxygens (including phenoxy) is 4. The molecule has 3 aromatic rings. The molecule has 73 heavy (non-hydrogen) atoms. The molecular weight excluding hydrogens is 935 g/mol. The van der Waals surface area contributed by atoms with Crippen molar-refractivity contribution in [3.63, 3.8) is 0 Å². The molecule has 5 N–H and O–H groups in total. The van der Waals surface area contributed by atoms with Crippen molar-refractivity contribution in [3.8, 4) is 17.2 Å². The first-order valence-corrected chi connectivity index (χ1v) is 25.9. The van der Waals surface area contributed by atoms with Crippen LogP contribution in [0.25, 0.3) is 10.8 Å². The van der Waals surface area contributed by atoms with Gasteiger partial charge in [0, 0.05) is 138 Å². The highest BCUT2D eigenvalue weighted by atomic mass is 16.7. The lowest BCUT2D eigenvalue weighted by molar-refractivity contribution is -0.112. The summed E-state index contributed by atoms with van der Waals surface area (Å²) in [6.07, 6.45) is 8.47. The van der Waals surface area contributed by atoms with E-state index >= 15 is 0 Å². The van der Waals surface area contributed by atoms with E-state index in [9.17, 15) is 34.8 Å². The third-order valence-corrected chi connectivity index (χ3v) is 15.8. The lowest BCUT2D eigenvalue weighted by Crippen LogP contribution is -2.52. The van der Waals surface area contributed by atoms with Crippen molar-refractivity contribution in [1.29, 1.82) is 0 Å². The molecule has 396 valence electrons. The number of methoxy groups -OCH3 is 1. The molecule has 1 aromatic heterocycles. The molecule has 6 aliphatic rings. The lowest BCUT2D eigenvalue weighted by atomic mass is 9.78. The first-order chi connectivity index (χ1) is 34.7. The van der Waals surface area contributed by atoms with E-state index in [0.717, 1.165) is 19.6 Å². The zero-order chi connectivity index (χ0) is 52.7. The second-order valence-electron chi connectivity index (χ2n) is 21.5. The Hall–Kier alpha value is -5.79. The highest BCUT2D eigenvalue weighted by molar-refractivity contribution is 6.19. The number of piperazine rings is 1. The zero-order valence-corrected chi connectivity index (χ0v) is 44.0. The number of aromatic nitrogens is 1. The van der Waals surface area contributed by atoms with Crippen LogP contribution < -0.4 is 20.8 Å². The van der Waals surface area contributed by atoms with Crippen LogP contribution in [0.3, 0.4) is 0 Å². The van der Waals surface area contributed by atoms with E-state index in [2.05, 4.69) is 33.5 Å². The van der Waals surface area contributed by atoms with E-state index in [1.54, 1.807) is 63.8 Å². The number of aliphatic hydroxyl groups excluding tert-OH is 2. The monoisotopic (exact) mass is 1010 g/mol. The first kappa shape index (κ1) is 53.5. The van der Waals surface area contributed by atoms with Gasteiger partial charge in [-0.05, 0) is 38.0 Å². The molecule has 5 bridgehead atoms. The summed E-state index contributed by atoms with van der Waals surface area (Å²) in [6.45, 7) is 22.3. The topological polar surface area (TPSA) is 220 Å². The van der Waals surface area contributed by atoms with Gasteiger partial charge in [-0.15, -0.1) is 0 Å². The predicted octanol–water partition coefficient (Wildman–Crippen LogP) is 5.44. The van der Waals surface area contributed by atoms with Crippen LogP contribution in [-0.4, -0.2) is 153 Å². The number of allylic oxidation sites excluding steroid dienone is 2. The van der Waals surface area contributed by atoms with E-state index in [1.165, 1.54) is 20.3 Å². The van der Waals surface area contributed by atoms with Crippen molar-refractivity contribution in [2.75, 3.05) is 64.8 Å². The Balaban J connectivity index is 1.16. The fraction of sp³-hybridized carbons (Fsp3) is 0.582. The Labute approximate surface area is 427 Å². The summed E-state index contributed by atoms with van der Waals surface area (Å²) in [5.41, 5.74) is -0.590. The number of ketones is 1. The maximum atomic E-state index is 15.0. The molecule has 0 radical (unpaired) electrons. The molecule has 2 amide bonds. The molecule has 0 aliphatic carbocycles. The molecule has 1 spiro atoms. The van der Waals surface area contributed by atoms with E-state index < -0.39 is 83.1 Å². The number of rotatable bonds is 7. The minimum Gasteiger partial charge on any atom is -0.507 e. The number of anilines is 1. The number of carbonyl (C=O) groups excluding carboxylic acids is 3. The van der Waals surface area contributed by atoms with Crippen molar-refractivity contribution >= 4 is 34.2 Å². The molecule has 2 aromatic carbocycles. The van der Waals surface area contributed by atoms with E-state index in [-0.39, 0.29) is 55.4 Å². The van der Waals surface area contributed by atoms with Gasteiger partial charge >= 0.3 is 11.9 Å². The van der Waals surface area contributed by atoms with Crippen LogP contribution in [-0.2, 0) is 25.5 Å². The number of phenolic OH excluding ortho intramolecular Hbond substituents is 2. The summed E-state index contributed by atoms with van der Waals surface area (Å²) in [5.74, 6) is -6.08. The second kappa shape index (κ2) is 21.6. The SMILES string of the molecule is CO[C@H]1/C=C/O[C@@]2(C)Oc3c(C)c(O)c4c(O)c(c5c(c4c3C2=O)=NC2(CCN(CC(C)C)CC2)N=5)NC(=O)/C(C)=C\C=C\[C@H](C)[C@H](O)[C@@H](C)[C@@H](O)[C@@H](C)[C@H](OC(=O)N2CCN(CCn3cccc3)CC2)[C@@H]1C. The average Bonchev–Trinajstić information content (AvgIpc) is 4.10. The number of Topliss-reactive ketones (excluding diaryl/α,β-unsaturated/α-hetero) is 1. The van der Waals surface area contributed by atoms with Crippen molar-refractivity contribution in [3.05, 3.63) is 82.5 Å². The number of aliphatic hydroxyl groups is 2. The third kappa shape index (κ3) is 10.6. The third-order valence-electron chi connectivity index (χ3n) is 15.8. The quantitative estimate of drug-likeness (QED) is 0.187. The Morgan fingerprint density at radius 1 is 0.863 bits per heavy atom. The number of carbonyl (C=O) groups is 3. The number of nitrogens with one attached hydrogen (secondary N) is 1. The van der Waals surface area contributed by atoms with Crippen molar-refractivity contribution in [1.82, 2.24) is 19.3 Å². The predicted molar refractivity (Wildman–Crippen MR) is 275 cm³/mol. The first-order valence-electron chi connectivity index (χ1n) is 25.9. The number of hydrogen-bond acceptors (Lipinski definition) is 15. The number of nitrogens with zero attached hydrogens (tertiary/aromatic N) is 6. The van der Waals surface area contributed by atoms with Crippen molar-refractivity contribution in [2.24, 2.45) is 39.6 Å². The van der Waals surface area contributed by atoms with Crippen LogP contribution in [0.15, 0.2) is 70.7 Å². The summed E-state index contributed by atoms with van der Waals surface area (Å²) >= 11 is 0. The molecule has 0 unspecified atom stereocenters. The number of piperidine rings is 1. The average molecular weight is 1010 g/mol. The van der Waals surface area contributed by atoms with Gasteiger partial charge in [-0.2, -0.15) is 0 Å². The van der Waals surface area contributed by atoms with Crippen LogP contribution in [0.4, 0.5) is 10.5 Å². The van der Waals surface area contributed by atoms with Crippen LogP contribution in [0, 0.1) is 36.5 Å². The van der Waals surface area contributed by atoms with Gasteiger partial charge in [-0.3, -0.25) is 24.5 Å². The lowest BCUT2D eigenvalue weighted by Gasteiger charge is -2.40. The van der Waals surface area contributed by atoms with Gasteiger partial charge in [0.05, 0.1) is 40.9 Å². The highest BCUT2D eigenvalue weighted by Crippen LogP contribution is 2.50. The Bertz CT molecular complexity index is 2780. The molecule has 18 nitrogen and oxygen atoms in total. The van der Waals surface area contributed by atoms with Crippen LogP contribution in [0.5, 0.6) is 17.2 Å². The fourth-order valence-corrected chi connectivity index (χ4v) is 11.1. The number of aromatic hydroxyl groups is 2. The molecule has 9 rings (SSSR count). The van der Waals surface area contributed by atoms with E-state index in [0.29, 0.717) is 58.0 Å². The molecule has 0 saturated carbocycles. The van der Waals surface area contributed by atoms with Crippen molar-refractivity contribution in [2.45, 2.75) is 118 Å². The number of hydrogen-bond donors (Lipinski definition) is 5. The Morgan fingerprint density at radius 2 is 1.53 bits per heavy atom. The van der Waals surface area contributed by atoms with Gasteiger partial charge in [0.15, 0.2) is 11.4 Å². The zero-order valence-electron chi connectivity index (χ0n) is 44.0. The number of likely N-dealkylation sites (tertiary alicyclic amines) is 1. The maximum absolute atomic E-state index is 15.0. The van der Waals surface area contributed by atoms with Crippen LogP contribution >= 0.6 is 0 Å². The number of amides is 2. The minimum atomic E-state index is -1.98. The molecule has 18 heteroatoms. The summed E-state index contributed by atoms with van der Waals surface area (Å²) in [6, 6.07) is 3.99. The van der Waals surface area contributed by atoms with Gasteiger partial charge in [0.25, 0.3) is 11.7 Å². The normalized spacial score (nSPS) is 30.8. The highest BCUT2D eigenvalue weighted by Gasteiger charge is 2.50. The largest absolute Gasteiger partial charge is 0.507 e. The molecule has 6 aliphatic heterocycles. The smallest absolute Gasteiger partial charge is 0.410 e. The fourth-order valence-electron chi connectivity index (χ4n) is 11.1. The van der Waals surface area contributed by atoms with E-state index in [1.807, 2.05) is 31.5 Å². The molecule has 7 heterocycles. The molecule has 9 atom stereocenters. The molecule has 2 saturated heterocycles. The van der Waals surface area contributed by atoms with Gasteiger partial charge in [-0.25, -0.2) is 4.79 Å². The van der Waals surface area contributed by atoms with Crippen molar-refractivity contribution < 1.29 is 53.8 Å². The van der Waals surface area contributed by atoms with E-state index in [4.69, 9.17) is 28.9 Å². The second-order valence-corrected chi connectivity index (χ2v) is 21.5. The van der Waals surface area contributed by atoms with Crippen LogP contribution in [0.1, 0.15) is 84.2 Å². The molecular formula is C55H75N7O11. The van der Waals surface area contributed by atoms with Gasteiger partial charge in [0.2, 0.25) is 0 Å². The standard InChI is InChI=1S/C55H75N7O11/c1-31(2)30-61-21-17-55(18-22-61)57-42-39-40-47(65)37(8)50-41(39)51(67)54(9,73-50)71-29-16-38(70-10)34(5)49(72-53(69)62-27-25-60(26-28-62)24-23-59-19-11-12-20-59)36(7)46(64)35(6)45(63)32(3)14-13-15-33(4)52(68)56-44(48(40)66)43(42)58-55/h11-16,19-20,29,31-32,34-36,38,45-46,49,63-66H,17-18,21-28,30H2,1-10H3,(H,56,68)/b14-13+,29-16+,33-15-/t32-,34+,35+,36+,38-,45-,46+,49+,54-/m0/s1. The molecule has 2 fully saturated rings.